The van der Waals surface area contributed by atoms with Gasteiger partial charge in [0.2, 0.25) is 0 Å². The molecule has 39 heavy (non-hydrogen) atoms. The van der Waals surface area contributed by atoms with Crippen molar-refractivity contribution in [3.63, 3.8) is 0 Å². The lowest BCUT2D eigenvalue weighted by Gasteiger charge is -2.17. The highest BCUT2D eigenvalue weighted by Gasteiger charge is 2.35. The first-order chi connectivity index (χ1) is 19.2. The molecule has 3 N–H and O–H groups in total. The van der Waals surface area contributed by atoms with Gasteiger partial charge in [-0.2, -0.15) is 0 Å². The molecule has 8 heteroatoms. The molecule has 5 aromatic carbocycles. The van der Waals surface area contributed by atoms with Gasteiger partial charge >= 0.3 is 0 Å². The maximum atomic E-state index is 10.2. The monoisotopic (exact) mass is 515 g/mol. The Morgan fingerprint density at radius 1 is 0.846 bits per heavy atom. The molecular formula is C31H25N5O3. The summed E-state index contributed by atoms with van der Waals surface area (Å²) in [6.45, 7) is 0.331. The normalized spacial score (nSPS) is 19.8. The van der Waals surface area contributed by atoms with Crippen LogP contribution in [0.4, 0.5) is 5.82 Å². The molecular weight excluding hydrogens is 490 g/mol. The second-order valence-electron chi connectivity index (χ2n) is 10.2. The van der Waals surface area contributed by atoms with E-state index in [-0.39, 0.29) is 6.61 Å². The van der Waals surface area contributed by atoms with Crippen molar-refractivity contribution in [2.45, 2.75) is 31.4 Å². The van der Waals surface area contributed by atoms with E-state index in [4.69, 9.17) is 4.74 Å². The van der Waals surface area contributed by atoms with Crippen LogP contribution < -0.4 is 5.32 Å². The zero-order valence-electron chi connectivity index (χ0n) is 21.0. The SMILES string of the molecule is OC[C@H]1O[C@@H](n2cnc3c(NCc4ccc5c6cccc7cccc(c8cccc4c85)c76)ncnc32)C[C@H]1O. The second-order valence-corrected chi connectivity index (χ2v) is 10.2. The second kappa shape index (κ2) is 8.57. The number of hydrogen-bond donors (Lipinski definition) is 3. The van der Waals surface area contributed by atoms with Crippen LogP contribution >= 0.6 is 0 Å². The van der Waals surface area contributed by atoms with Gasteiger partial charge in [0, 0.05) is 13.0 Å². The Kier molecular flexibility index (Phi) is 4.97. The van der Waals surface area contributed by atoms with E-state index in [1.165, 1.54) is 55.0 Å². The molecule has 1 aliphatic heterocycles. The van der Waals surface area contributed by atoms with Crippen LogP contribution in [0.1, 0.15) is 18.2 Å². The van der Waals surface area contributed by atoms with Gasteiger partial charge in [0.05, 0.1) is 19.0 Å². The molecule has 0 aliphatic carbocycles. The van der Waals surface area contributed by atoms with E-state index >= 15 is 0 Å². The number of aliphatic hydroxyl groups excluding tert-OH is 2. The average molecular weight is 516 g/mol. The minimum absolute atomic E-state index is 0.235. The highest BCUT2D eigenvalue weighted by molar-refractivity contribution is 6.33. The van der Waals surface area contributed by atoms with Crippen LogP contribution in [-0.4, -0.2) is 48.5 Å². The molecule has 0 amide bonds. The number of imidazole rings is 1. The lowest BCUT2D eigenvalue weighted by Crippen LogP contribution is -2.24. The van der Waals surface area contributed by atoms with Gasteiger partial charge in [0.1, 0.15) is 18.7 Å². The highest BCUT2D eigenvalue weighted by Crippen LogP contribution is 2.41. The average Bonchev–Trinajstić information content (AvgIpc) is 3.58. The van der Waals surface area contributed by atoms with Crippen LogP contribution in [0, 0.1) is 0 Å². The number of ether oxygens (including phenoxy) is 1. The summed E-state index contributed by atoms with van der Waals surface area (Å²) in [5, 5.41) is 33.2. The highest BCUT2D eigenvalue weighted by atomic mass is 16.5. The molecule has 2 aromatic heterocycles. The molecule has 0 bridgehead atoms. The van der Waals surface area contributed by atoms with Gasteiger partial charge in [-0.3, -0.25) is 4.57 Å². The van der Waals surface area contributed by atoms with Crippen molar-refractivity contribution in [1.82, 2.24) is 19.5 Å². The number of aromatic nitrogens is 4. The standard InChI is InChI=1S/C31H25N5O3/c37-14-25-24(38)12-26(39-25)36-16-35-29-30(33-15-34-31(29)36)32-13-18-10-11-23-21-8-2-5-17-4-1-7-20(27(17)21)22-9-3-6-19(18)28(22)23/h1-11,15-16,24-26,37-38H,12-14H2,(H,32,33,34)/t24-,25-,26-/m1/s1. The number of nitrogens with one attached hydrogen (secondary N) is 1. The minimum Gasteiger partial charge on any atom is -0.394 e. The number of aliphatic hydroxyl groups is 2. The third kappa shape index (κ3) is 3.32. The Labute approximate surface area is 222 Å². The van der Waals surface area contributed by atoms with E-state index in [1.807, 2.05) is 0 Å². The smallest absolute Gasteiger partial charge is 0.167 e. The molecule has 1 aliphatic rings. The van der Waals surface area contributed by atoms with E-state index in [1.54, 1.807) is 10.9 Å². The predicted molar refractivity (Wildman–Crippen MR) is 152 cm³/mol. The molecule has 0 unspecified atom stereocenters. The Morgan fingerprint density at radius 3 is 2.33 bits per heavy atom. The van der Waals surface area contributed by atoms with E-state index in [0.29, 0.717) is 29.9 Å². The van der Waals surface area contributed by atoms with Gasteiger partial charge in [-0.05, 0) is 48.7 Å². The van der Waals surface area contributed by atoms with Gasteiger partial charge in [0.15, 0.2) is 17.0 Å². The molecule has 3 atom stereocenters. The minimum atomic E-state index is -0.733. The van der Waals surface area contributed by atoms with Gasteiger partial charge < -0.3 is 20.3 Å². The van der Waals surface area contributed by atoms with Crippen molar-refractivity contribution >= 4 is 60.1 Å². The van der Waals surface area contributed by atoms with Crippen molar-refractivity contribution in [2.24, 2.45) is 0 Å². The molecule has 192 valence electrons. The molecule has 0 saturated carbocycles. The van der Waals surface area contributed by atoms with E-state index in [2.05, 4.69) is 87.0 Å². The third-order valence-corrected chi connectivity index (χ3v) is 8.12. The quantitative estimate of drug-likeness (QED) is 0.216. The summed E-state index contributed by atoms with van der Waals surface area (Å²) in [5.41, 5.74) is 2.41. The van der Waals surface area contributed by atoms with Crippen LogP contribution in [0.5, 0.6) is 0 Å². The van der Waals surface area contributed by atoms with Crippen LogP contribution in [0.25, 0.3) is 54.3 Å². The zero-order chi connectivity index (χ0) is 26.1. The fraction of sp³-hybridized carbons (Fsp3) is 0.194. The van der Waals surface area contributed by atoms with Gasteiger partial charge in [-0.1, -0.05) is 66.7 Å². The predicted octanol–water partition coefficient (Wildman–Crippen LogP) is 5.13. The first-order valence-corrected chi connectivity index (χ1v) is 13.1. The fourth-order valence-corrected chi connectivity index (χ4v) is 6.28. The van der Waals surface area contributed by atoms with Crippen molar-refractivity contribution in [3.8, 4) is 0 Å². The molecule has 1 saturated heterocycles. The van der Waals surface area contributed by atoms with Gasteiger partial charge in [-0.15, -0.1) is 0 Å². The van der Waals surface area contributed by atoms with Crippen LogP contribution in [0.15, 0.2) is 79.4 Å². The fourth-order valence-electron chi connectivity index (χ4n) is 6.28. The number of anilines is 1. The maximum absolute atomic E-state index is 10.2. The van der Waals surface area contributed by atoms with E-state index in [9.17, 15) is 10.2 Å². The van der Waals surface area contributed by atoms with Crippen molar-refractivity contribution < 1.29 is 14.9 Å². The summed E-state index contributed by atoms with van der Waals surface area (Å²) in [7, 11) is 0. The maximum Gasteiger partial charge on any atom is 0.167 e. The first-order valence-electron chi connectivity index (χ1n) is 13.1. The van der Waals surface area contributed by atoms with E-state index < -0.39 is 18.4 Å². The Hall–Kier alpha value is -4.37. The van der Waals surface area contributed by atoms with Gasteiger partial charge in [0.25, 0.3) is 0 Å². The summed E-state index contributed by atoms with van der Waals surface area (Å²) in [6, 6.07) is 24.1. The largest absolute Gasteiger partial charge is 0.394 e. The van der Waals surface area contributed by atoms with Crippen molar-refractivity contribution in [1.29, 1.82) is 0 Å². The number of fused-ring (bicyclic) bond motifs is 3. The number of hydrogen-bond acceptors (Lipinski definition) is 7. The van der Waals surface area contributed by atoms with Gasteiger partial charge in [-0.25, -0.2) is 15.0 Å². The lowest BCUT2D eigenvalue weighted by molar-refractivity contribution is -0.0432. The zero-order valence-corrected chi connectivity index (χ0v) is 21.0. The summed E-state index contributed by atoms with van der Waals surface area (Å²) >= 11 is 0. The van der Waals surface area contributed by atoms with Crippen molar-refractivity contribution in [2.75, 3.05) is 11.9 Å². The third-order valence-electron chi connectivity index (χ3n) is 8.12. The molecule has 7 aromatic rings. The first kappa shape index (κ1) is 22.6. The Morgan fingerprint density at radius 2 is 1.56 bits per heavy atom. The van der Waals surface area contributed by atoms with Crippen molar-refractivity contribution in [3.05, 3.63) is 84.9 Å². The van der Waals surface area contributed by atoms with Crippen LogP contribution in [-0.2, 0) is 11.3 Å². The molecule has 8 rings (SSSR count). The molecule has 0 spiro atoms. The summed E-state index contributed by atoms with van der Waals surface area (Å²) < 4.78 is 7.61. The van der Waals surface area contributed by atoms with Crippen LogP contribution in [0.3, 0.4) is 0 Å². The molecule has 0 radical (unpaired) electrons. The van der Waals surface area contributed by atoms with E-state index in [0.717, 1.165) is 0 Å². The number of rotatable bonds is 5. The Balaban J connectivity index is 1.19. The Bertz CT molecular complexity index is 1970. The number of benzene rings is 5. The summed E-state index contributed by atoms with van der Waals surface area (Å²) in [5.74, 6) is 0.631. The topological polar surface area (TPSA) is 105 Å². The molecule has 8 nitrogen and oxygen atoms in total. The number of nitrogens with zero attached hydrogens (tertiary/aromatic N) is 4. The molecule has 3 heterocycles. The van der Waals surface area contributed by atoms with Crippen LogP contribution in [0.2, 0.25) is 0 Å². The summed E-state index contributed by atoms with van der Waals surface area (Å²) in [4.78, 5) is 13.5. The lowest BCUT2D eigenvalue weighted by atomic mass is 9.88. The molecule has 1 fully saturated rings. The summed E-state index contributed by atoms with van der Waals surface area (Å²) in [6.07, 6.45) is 1.73.